The SMILES string of the molecule is CCn1cc(/C=N\NC(=O)[C@]2(C)CC[C@H](c3nc4ccccc4[nH]3)C2(C)C)cn1. The second-order valence-electron chi connectivity index (χ2n) is 8.61. The summed E-state index contributed by atoms with van der Waals surface area (Å²) in [5, 5.41) is 8.39. The first kappa shape index (κ1) is 19.4. The first-order chi connectivity index (χ1) is 13.8. The summed E-state index contributed by atoms with van der Waals surface area (Å²) >= 11 is 0. The molecule has 152 valence electrons. The van der Waals surface area contributed by atoms with Crippen LogP contribution in [0.25, 0.3) is 11.0 Å². The van der Waals surface area contributed by atoms with E-state index < -0.39 is 5.41 Å². The van der Waals surface area contributed by atoms with Crippen LogP contribution in [0.5, 0.6) is 0 Å². The van der Waals surface area contributed by atoms with Crippen molar-refractivity contribution >= 4 is 23.2 Å². The number of imidazole rings is 1. The largest absolute Gasteiger partial charge is 0.342 e. The number of nitrogens with zero attached hydrogens (tertiary/aromatic N) is 4. The lowest BCUT2D eigenvalue weighted by Crippen LogP contribution is -2.45. The van der Waals surface area contributed by atoms with Gasteiger partial charge in [0.1, 0.15) is 5.82 Å². The molecule has 1 saturated carbocycles. The molecule has 0 saturated heterocycles. The second-order valence-corrected chi connectivity index (χ2v) is 8.61. The van der Waals surface area contributed by atoms with Crippen LogP contribution in [0.1, 0.15) is 57.8 Å². The number of hydrogen-bond acceptors (Lipinski definition) is 4. The van der Waals surface area contributed by atoms with E-state index >= 15 is 0 Å². The molecule has 0 radical (unpaired) electrons. The molecule has 2 aromatic heterocycles. The molecule has 2 N–H and O–H groups in total. The van der Waals surface area contributed by atoms with Gasteiger partial charge in [0, 0.05) is 24.2 Å². The summed E-state index contributed by atoms with van der Waals surface area (Å²) in [5.74, 6) is 1.08. The van der Waals surface area contributed by atoms with Crippen LogP contribution in [0.3, 0.4) is 0 Å². The molecule has 0 bridgehead atoms. The van der Waals surface area contributed by atoms with Gasteiger partial charge < -0.3 is 4.98 Å². The van der Waals surface area contributed by atoms with E-state index in [1.165, 1.54) is 0 Å². The highest BCUT2D eigenvalue weighted by Gasteiger charge is 2.57. The van der Waals surface area contributed by atoms with Gasteiger partial charge in [0.15, 0.2) is 0 Å². The number of hydrogen-bond donors (Lipinski definition) is 2. The Bertz CT molecular complexity index is 1030. The number of benzene rings is 1. The Kier molecular flexibility index (Phi) is 4.76. The van der Waals surface area contributed by atoms with Gasteiger partial charge in [-0.2, -0.15) is 10.2 Å². The van der Waals surface area contributed by atoms with Crippen molar-refractivity contribution in [3.63, 3.8) is 0 Å². The number of amides is 1. The second kappa shape index (κ2) is 7.13. The molecule has 3 aromatic rings. The number of para-hydroxylation sites is 2. The number of aromatic nitrogens is 4. The summed E-state index contributed by atoms with van der Waals surface area (Å²) in [7, 11) is 0. The molecule has 7 nitrogen and oxygen atoms in total. The third-order valence-corrected chi connectivity index (χ3v) is 6.82. The maximum absolute atomic E-state index is 13.1. The zero-order chi connectivity index (χ0) is 20.6. The molecule has 0 aliphatic heterocycles. The Morgan fingerprint density at radius 1 is 1.38 bits per heavy atom. The molecule has 2 heterocycles. The van der Waals surface area contributed by atoms with Gasteiger partial charge >= 0.3 is 0 Å². The molecule has 2 atom stereocenters. The highest BCUT2D eigenvalue weighted by Crippen LogP contribution is 2.59. The highest BCUT2D eigenvalue weighted by molar-refractivity contribution is 5.86. The number of hydrazone groups is 1. The first-order valence-corrected chi connectivity index (χ1v) is 10.2. The summed E-state index contributed by atoms with van der Waals surface area (Å²) < 4.78 is 1.82. The zero-order valence-electron chi connectivity index (χ0n) is 17.4. The lowest BCUT2D eigenvalue weighted by Gasteiger charge is -2.39. The van der Waals surface area contributed by atoms with E-state index in [9.17, 15) is 4.79 Å². The Balaban J connectivity index is 1.51. The molecule has 4 rings (SSSR count). The fourth-order valence-electron chi connectivity index (χ4n) is 4.43. The minimum absolute atomic E-state index is 0.0553. The molecular weight excluding hydrogens is 364 g/mol. The molecule has 1 aliphatic carbocycles. The minimum atomic E-state index is -0.540. The van der Waals surface area contributed by atoms with E-state index in [4.69, 9.17) is 4.98 Å². The summed E-state index contributed by atoms with van der Waals surface area (Å²) in [5.41, 5.74) is 4.81. The fourth-order valence-corrected chi connectivity index (χ4v) is 4.43. The minimum Gasteiger partial charge on any atom is -0.342 e. The smallest absolute Gasteiger partial charge is 0.246 e. The Hall–Kier alpha value is -2.96. The Labute approximate surface area is 170 Å². The molecular formula is C22H28N6O. The quantitative estimate of drug-likeness (QED) is 0.511. The van der Waals surface area contributed by atoms with Gasteiger partial charge in [-0.15, -0.1) is 0 Å². The van der Waals surface area contributed by atoms with Crippen molar-refractivity contribution in [3.05, 3.63) is 48.0 Å². The average molecular weight is 393 g/mol. The van der Waals surface area contributed by atoms with E-state index in [-0.39, 0.29) is 17.2 Å². The highest BCUT2D eigenvalue weighted by atomic mass is 16.2. The first-order valence-electron chi connectivity index (χ1n) is 10.2. The Morgan fingerprint density at radius 3 is 2.90 bits per heavy atom. The van der Waals surface area contributed by atoms with Gasteiger partial charge in [-0.3, -0.25) is 9.48 Å². The predicted molar refractivity (Wildman–Crippen MR) is 114 cm³/mol. The van der Waals surface area contributed by atoms with E-state index in [2.05, 4.69) is 34.5 Å². The van der Waals surface area contributed by atoms with Gasteiger partial charge in [0.2, 0.25) is 5.91 Å². The van der Waals surface area contributed by atoms with Crippen molar-refractivity contribution in [1.29, 1.82) is 0 Å². The monoisotopic (exact) mass is 392 g/mol. The molecule has 0 spiro atoms. The van der Waals surface area contributed by atoms with Crippen molar-refractivity contribution < 1.29 is 4.79 Å². The van der Waals surface area contributed by atoms with Crippen molar-refractivity contribution in [2.24, 2.45) is 15.9 Å². The van der Waals surface area contributed by atoms with E-state index in [0.29, 0.717) is 0 Å². The number of aromatic amines is 1. The van der Waals surface area contributed by atoms with Crippen molar-refractivity contribution in [1.82, 2.24) is 25.2 Å². The molecule has 7 heteroatoms. The van der Waals surface area contributed by atoms with Crippen molar-refractivity contribution in [2.45, 2.75) is 53.0 Å². The summed E-state index contributed by atoms with van der Waals surface area (Å²) in [6.45, 7) is 9.18. The van der Waals surface area contributed by atoms with Gasteiger partial charge in [0.05, 0.1) is 28.9 Å². The number of H-pyrrole nitrogens is 1. The van der Waals surface area contributed by atoms with E-state index in [1.807, 2.05) is 49.0 Å². The normalized spacial score (nSPS) is 23.8. The van der Waals surface area contributed by atoms with Crippen LogP contribution in [0.15, 0.2) is 41.8 Å². The molecule has 1 aliphatic rings. The molecule has 29 heavy (non-hydrogen) atoms. The third-order valence-electron chi connectivity index (χ3n) is 6.82. The van der Waals surface area contributed by atoms with Gasteiger partial charge in [-0.1, -0.05) is 32.9 Å². The standard InChI is InChI=1S/C22H28N6O/c1-5-28-14-15(13-24-28)12-23-27-20(29)22(4)11-10-16(21(22,2)3)19-25-17-8-6-7-9-18(17)26-19/h6-9,12-14,16H,5,10-11H2,1-4H3,(H,25,26)(H,27,29)/b23-12-/t16-,22+/m1/s1. The lowest BCUT2D eigenvalue weighted by atomic mass is 9.65. The molecule has 1 aromatic carbocycles. The van der Waals surface area contributed by atoms with Gasteiger partial charge in [-0.05, 0) is 37.3 Å². The van der Waals surface area contributed by atoms with E-state index in [0.717, 1.165) is 41.8 Å². The van der Waals surface area contributed by atoms with Crippen LogP contribution in [0.2, 0.25) is 0 Å². The molecule has 0 unspecified atom stereocenters. The third kappa shape index (κ3) is 3.24. The van der Waals surface area contributed by atoms with Crippen molar-refractivity contribution in [3.8, 4) is 0 Å². The lowest BCUT2D eigenvalue weighted by molar-refractivity contribution is -0.135. The van der Waals surface area contributed by atoms with Crippen LogP contribution in [0, 0.1) is 10.8 Å². The van der Waals surface area contributed by atoms with E-state index in [1.54, 1.807) is 12.4 Å². The fraction of sp³-hybridized carbons (Fsp3) is 0.455. The summed E-state index contributed by atoms with van der Waals surface area (Å²) in [6, 6.07) is 8.05. The van der Waals surface area contributed by atoms with Crippen LogP contribution in [0.4, 0.5) is 0 Å². The maximum Gasteiger partial charge on any atom is 0.246 e. The van der Waals surface area contributed by atoms with Crippen LogP contribution in [-0.4, -0.2) is 31.9 Å². The van der Waals surface area contributed by atoms with Crippen LogP contribution < -0.4 is 5.43 Å². The van der Waals surface area contributed by atoms with Crippen LogP contribution >= 0.6 is 0 Å². The van der Waals surface area contributed by atoms with Gasteiger partial charge in [-0.25, -0.2) is 10.4 Å². The summed E-state index contributed by atoms with van der Waals surface area (Å²) in [6.07, 6.45) is 6.96. The predicted octanol–water partition coefficient (Wildman–Crippen LogP) is 3.84. The number of carbonyl (C=O) groups excluding carboxylic acids is 1. The zero-order valence-corrected chi connectivity index (χ0v) is 17.4. The number of nitrogens with one attached hydrogen (secondary N) is 2. The molecule has 1 fully saturated rings. The number of fused-ring (bicyclic) bond motifs is 1. The molecule has 1 amide bonds. The van der Waals surface area contributed by atoms with Crippen LogP contribution in [-0.2, 0) is 11.3 Å². The topological polar surface area (TPSA) is 88.0 Å². The Morgan fingerprint density at radius 2 is 2.17 bits per heavy atom. The van der Waals surface area contributed by atoms with Gasteiger partial charge in [0.25, 0.3) is 0 Å². The number of aryl methyl sites for hydroxylation is 1. The number of carbonyl (C=O) groups is 1. The maximum atomic E-state index is 13.1. The average Bonchev–Trinajstić information content (AvgIpc) is 3.38. The number of rotatable bonds is 5. The summed E-state index contributed by atoms with van der Waals surface area (Å²) in [4.78, 5) is 21.4. The van der Waals surface area contributed by atoms with Crippen molar-refractivity contribution in [2.75, 3.05) is 0 Å².